The topological polar surface area (TPSA) is 86.8 Å². The highest BCUT2D eigenvalue weighted by Gasteiger charge is 2.19. The number of aryl methyl sites for hydroxylation is 12. The number of nitrogens with zero attached hydrogens (tertiary/aromatic N) is 12. The second kappa shape index (κ2) is 10.7. The van der Waals surface area contributed by atoms with E-state index in [-0.39, 0.29) is 0 Å². The molecule has 36 heavy (non-hydrogen) atoms. The summed E-state index contributed by atoms with van der Waals surface area (Å²) in [5, 5.41) is 18.7. The smallest absolute Gasteiger partial charge is 0.137 e. The molecular formula is C24H40N12+4. The van der Waals surface area contributed by atoms with Crippen LogP contribution in [0.4, 0.5) is 0 Å². The van der Waals surface area contributed by atoms with Crippen molar-refractivity contribution in [2.75, 3.05) is 0 Å². The standard InChI is InChI=1S/C24H40N12/c1-29-21-9-5-10-22-18-35(26-30(22)2)15-8-16-36-20-24(32(4)28-36)12-6-11-23-19-34(27-31(23)3)14-7-13-33(17-21)25-29/h17-20H,5-16H2,1-4H3/q+4. The molecule has 5 rings (SSSR count). The normalized spacial score (nSPS) is 16.1. The summed E-state index contributed by atoms with van der Waals surface area (Å²) in [4.78, 5) is 0. The fraction of sp³-hybridized carbons (Fsp3) is 0.667. The van der Waals surface area contributed by atoms with E-state index < -0.39 is 0 Å². The van der Waals surface area contributed by atoms with Crippen LogP contribution in [0, 0.1) is 0 Å². The zero-order valence-electron chi connectivity index (χ0n) is 22.2. The first-order chi connectivity index (χ1) is 17.4. The van der Waals surface area contributed by atoms with Crippen LogP contribution >= 0.6 is 0 Å². The number of fused-ring (bicyclic) bond motifs is 8. The second-order valence-corrected chi connectivity index (χ2v) is 10.0. The molecule has 1 aliphatic heterocycles. The summed E-state index contributed by atoms with van der Waals surface area (Å²) < 4.78 is 16.3. The van der Waals surface area contributed by atoms with E-state index in [1.54, 1.807) is 0 Å². The summed E-state index contributed by atoms with van der Waals surface area (Å²) in [6.07, 6.45) is 16.9. The minimum atomic E-state index is 0.884. The number of aromatic nitrogens is 12. The van der Waals surface area contributed by atoms with Gasteiger partial charge in [0.15, 0.2) is 47.6 Å². The molecule has 0 aromatic carbocycles. The molecule has 0 fully saturated rings. The van der Waals surface area contributed by atoms with E-state index in [0.717, 1.165) is 77.5 Å². The van der Waals surface area contributed by atoms with Gasteiger partial charge in [-0.15, -0.1) is 37.5 Å². The van der Waals surface area contributed by atoms with E-state index in [9.17, 15) is 0 Å². The summed E-state index contributed by atoms with van der Waals surface area (Å²) in [5.41, 5.74) is 5.05. The van der Waals surface area contributed by atoms with Gasteiger partial charge in [-0.05, 0) is 12.8 Å². The monoisotopic (exact) mass is 496 g/mol. The lowest BCUT2D eigenvalue weighted by molar-refractivity contribution is -0.782. The van der Waals surface area contributed by atoms with Gasteiger partial charge in [-0.2, -0.15) is 0 Å². The van der Waals surface area contributed by atoms with Crippen molar-refractivity contribution in [1.82, 2.24) is 39.6 Å². The molecule has 4 aromatic rings. The molecule has 192 valence electrons. The molecular weight excluding hydrogens is 456 g/mol. The molecule has 0 aliphatic carbocycles. The maximum Gasteiger partial charge on any atom is 0.167 e. The van der Waals surface area contributed by atoms with Crippen molar-refractivity contribution in [3.63, 3.8) is 0 Å². The van der Waals surface area contributed by atoms with Crippen molar-refractivity contribution in [2.45, 2.75) is 77.5 Å². The van der Waals surface area contributed by atoms with Crippen molar-refractivity contribution in [3.05, 3.63) is 47.6 Å². The average molecular weight is 497 g/mol. The fourth-order valence-electron chi connectivity index (χ4n) is 5.08. The molecule has 1 aliphatic rings. The summed E-state index contributed by atoms with van der Waals surface area (Å²) in [5.74, 6) is 0. The fourth-order valence-corrected chi connectivity index (χ4v) is 5.08. The van der Waals surface area contributed by atoms with Crippen molar-refractivity contribution < 1.29 is 18.7 Å². The second-order valence-electron chi connectivity index (χ2n) is 10.0. The molecule has 0 spiro atoms. The Morgan fingerprint density at radius 1 is 0.444 bits per heavy atom. The van der Waals surface area contributed by atoms with Gasteiger partial charge in [0.1, 0.15) is 54.4 Å². The zero-order chi connectivity index (χ0) is 25.1. The first kappa shape index (κ1) is 24.3. The largest absolute Gasteiger partial charge is 0.167 e. The molecule has 4 aromatic heterocycles. The number of hydrogen-bond donors (Lipinski definition) is 0. The van der Waals surface area contributed by atoms with Crippen LogP contribution < -0.4 is 18.7 Å². The van der Waals surface area contributed by atoms with Crippen LogP contribution in [0.3, 0.4) is 0 Å². The summed E-state index contributed by atoms with van der Waals surface area (Å²) in [6.45, 7) is 3.54. The van der Waals surface area contributed by atoms with Crippen molar-refractivity contribution in [3.8, 4) is 0 Å². The third-order valence-corrected chi connectivity index (χ3v) is 7.13. The third kappa shape index (κ3) is 5.68. The minimum absolute atomic E-state index is 0.884. The number of rotatable bonds is 0. The summed E-state index contributed by atoms with van der Waals surface area (Å²) in [7, 11) is 8.16. The Hall–Kier alpha value is -3.44. The van der Waals surface area contributed by atoms with Crippen LogP contribution in [-0.4, -0.2) is 39.6 Å². The molecule has 0 radical (unpaired) electrons. The van der Waals surface area contributed by atoms with Crippen molar-refractivity contribution in [1.29, 1.82) is 0 Å². The van der Waals surface area contributed by atoms with Gasteiger partial charge in [0.25, 0.3) is 0 Å². The minimum Gasteiger partial charge on any atom is -0.137 e. The van der Waals surface area contributed by atoms with E-state index in [4.69, 9.17) is 0 Å². The first-order valence-electron chi connectivity index (χ1n) is 13.1. The third-order valence-electron chi connectivity index (χ3n) is 7.13. The van der Waals surface area contributed by atoms with Gasteiger partial charge in [-0.25, -0.2) is 0 Å². The maximum absolute atomic E-state index is 4.68. The summed E-state index contributed by atoms with van der Waals surface area (Å²) >= 11 is 0. The predicted molar refractivity (Wildman–Crippen MR) is 127 cm³/mol. The van der Waals surface area contributed by atoms with Gasteiger partial charge in [0.2, 0.25) is 0 Å². The Bertz CT molecular complexity index is 1110. The van der Waals surface area contributed by atoms with Crippen LogP contribution in [-0.2, 0) is 80.1 Å². The molecule has 5 heterocycles. The Balaban J connectivity index is 1.30. The average Bonchev–Trinajstić information content (AvgIpc) is 3.57. The van der Waals surface area contributed by atoms with Crippen LogP contribution in [0.5, 0.6) is 0 Å². The molecule has 8 bridgehead atoms. The van der Waals surface area contributed by atoms with Crippen LogP contribution in [0.1, 0.15) is 48.5 Å². The van der Waals surface area contributed by atoms with Gasteiger partial charge in [0, 0.05) is 38.5 Å². The van der Waals surface area contributed by atoms with Gasteiger partial charge in [-0.3, -0.25) is 0 Å². The highest BCUT2D eigenvalue weighted by atomic mass is 15.5. The molecule has 12 nitrogen and oxygen atoms in total. The van der Waals surface area contributed by atoms with E-state index in [1.165, 1.54) is 22.8 Å². The van der Waals surface area contributed by atoms with E-state index in [2.05, 4.69) is 64.4 Å². The van der Waals surface area contributed by atoms with E-state index in [0.29, 0.717) is 0 Å². The highest BCUT2D eigenvalue weighted by molar-refractivity contribution is 4.96. The Kier molecular flexibility index (Phi) is 7.19. The van der Waals surface area contributed by atoms with Crippen LogP contribution in [0.25, 0.3) is 0 Å². The molecule has 0 amide bonds. The lowest BCUT2D eigenvalue weighted by Gasteiger charge is -1.94. The van der Waals surface area contributed by atoms with Crippen molar-refractivity contribution in [2.24, 2.45) is 28.2 Å². The van der Waals surface area contributed by atoms with Crippen molar-refractivity contribution >= 4 is 0 Å². The first-order valence-corrected chi connectivity index (χ1v) is 13.1. The predicted octanol–water partition coefficient (Wildman–Crippen LogP) is -1.38. The molecule has 0 saturated heterocycles. The Morgan fingerprint density at radius 2 is 0.694 bits per heavy atom. The van der Waals surface area contributed by atoms with Gasteiger partial charge in [0.05, 0.1) is 20.9 Å². The highest BCUT2D eigenvalue weighted by Crippen LogP contribution is 2.06. The Labute approximate surface area is 211 Å². The molecule has 0 saturated carbocycles. The number of hydrogen-bond acceptors (Lipinski definition) is 4. The molecule has 0 atom stereocenters. The zero-order valence-corrected chi connectivity index (χ0v) is 22.2. The Morgan fingerprint density at radius 3 is 0.944 bits per heavy atom. The molecule has 0 unspecified atom stereocenters. The van der Waals surface area contributed by atoms with Crippen LogP contribution in [0.2, 0.25) is 0 Å². The van der Waals surface area contributed by atoms with Gasteiger partial charge >= 0.3 is 0 Å². The molecule has 12 heteroatoms. The summed E-state index contributed by atoms with van der Waals surface area (Å²) in [6, 6.07) is 0. The van der Waals surface area contributed by atoms with E-state index in [1.807, 2.05) is 46.9 Å². The molecule has 0 N–H and O–H groups in total. The lowest BCUT2D eigenvalue weighted by Crippen LogP contribution is -2.41. The van der Waals surface area contributed by atoms with Gasteiger partial charge in [-0.1, -0.05) is 0 Å². The van der Waals surface area contributed by atoms with Crippen LogP contribution in [0.15, 0.2) is 24.8 Å². The quantitative estimate of drug-likeness (QED) is 0.281. The van der Waals surface area contributed by atoms with E-state index >= 15 is 0 Å². The SMILES string of the molecule is Cn1n[n+]2cc1CCCc1c[n+](nn1C)CCC[n+]1cc(n(C)n1)CCCc1c[n+](nn1C)CCC2. The maximum atomic E-state index is 4.68. The lowest BCUT2D eigenvalue weighted by atomic mass is 10.1. The van der Waals surface area contributed by atoms with Gasteiger partial charge < -0.3 is 0 Å².